The second-order valence-corrected chi connectivity index (χ2v) is 12.2. The zero-order chi connectivity index (χ0) is 31.5. The number of para-hydroxylation sites is 2. The molecule has 0 fully saturated rings. The van der Waals surface area contributed by atoms with E-state index in [0.29, 0.717) is 0 Å². The van der Waals surface area contributed by atoms with Crippen LogP contribution in [-0.2, 0) is 0 Å². The van der Waals surface area contributed by atoms with Crippen LogP contribution in [0.2, 0.25) is 0 Å². The number of pyridine rings is 2. The quantitative estimate of drug-likeness (QED) is 0.189. The fourth-order valence-electron chi connectivity index (χ4n) is 6.98. The van der Waals surface area contributed by atoms with E-state index in [2.05, 4.69) is 97.1 Å². The molecule has 5 heteroatoms. The number of ether oxygens (including phenoxy) is 2. The van der Waals surface area contributed by atoms with Gasteiger partial charge in [-0.15, -0.1) is 0 Å². The summed E-state index contributed by atoms with van der Waals surface area (Å²) < 4.78 is 13.5. The Morgan fingerprint density at radius 3 is 1.28 bits per heavy atom. The minimum Gasteiger partial charge on any atom is -0.458 e. The van der Waals surface area contributed by atoms with Crippen molar-refractivity contribution in [2.45, 2.75) is 13.8 Å². The van der Waals surface area contributed by atoms with Gasteiger partial charge in [0.25, 0.3) is 6.71 Å². The van der Waals surface area contributed by atoms with Crippen LogP contribution in [0.3, 0.4) is 0 Å². The molecule has 0 saturated carbocycles. The van der Waals surface area contributed by atoms with Gasteiger partial charge < -0.3 is 9.47 Å². The Bertz CT molecular complexity index is 2170. The first-order valence-corrected chi connectivity index (χ1v) is 15.9. The second-order valence-electron chi connectivity index (χ2n) is 12.2. The standard InChI is InChI=1S/C42H29BN2O2/c1-26-8-3-14-36(44-26)30-22-18-28(19-23-30)32-10-5-12-34-41(32)46-38-16-7-17-39-40(38)43(34)35-13-6-11-33(42(35)47-39)29-20-24-31(25-21-29)37-15-4-9-27(2)45-37/h3-25H,1-2H3. The van der Waals surface area contributed by atoms with Crippen molar-refractivity contribution in [2.75, 3.05) is 0 Å². The minimum atomic E-state index is -0.0277. The van der Waals surface area contributed by atoms with Crippen molar-refractivity contribution < 1.29 is 9.47 Å². The molecule has 222 valence electrons. The number of benzene rings is 5. The lowest BCUT2D eigenvalue weighted by Gasteiger charge is -2.34. The Balaban J connectivity index is 1.14. The second kappa shape index (κ2) is 10.9. The number of nitrogens with zero attached hydrogens (tertiary/aromatic N) is 2. The van der Waals surface area contributed by atoms with Crippen LogP contribution in [0.25, 0.3) is 44.8 Å². The van der Waals surface area contributed by atoms with E-state index in [1.54, 1.807) is 0 Å². The van der Waals surface area contributed by atoms with Gasteiger partial charge >= 0.3 is 0 Å². The summed E-state index contributed by atoms with van der Waals surface area (Å²) in [6.45, 7) is 4.01. The lowest BCUT2D eigenvalue weighted by atomic mass is 9.34. The molecular formula is C42H29BN2O2. The molecule has 2 aromatic heterocycles. The van der Waals surface area contributed by atoms with Crippen LogP contribution >= 0.6 is 0 Å². The van der Waals surface area contributed by atoms with Crippen molar-refractivity contribution in [3.05, 3.63) is 151 Å². The van der Waals surface area contributed by atoms with Crippen molar-refractivity contribution in [1.82, 2.24) is 9.97 Å². The van der Waals surface area contributed by atoms with Gasteiger partial charge in [0.15, 0.2) is 0 Å². The summed E-state index contributed by atoms with van der Waals surface area (Å²) in [5.74, 6) is 3.44. The fourth-order valence-corrected chi connectivity index (χ4v) is 6.98. The lowest BCUT2D eigenvalue weighted by Crippen LogP contribution is -2.57. The first-order valence-electron chi connectivity index (χ1n) is 15.9. The van der Waals surface area contributed by atoms with Crippen LogP contribution in [0, 0.1) is 13.8 Å². The molecule has 7 aromatic rings. The smallest absolute Gasteiger partial charge is 0.260 e. The van der Waals surface area contributed by atoms with Crippen LogP contribution < -0.4 is 25.9 Å². The summed E-state index contributed by atoms with van der Waals surface area (Å²) in [6, 6.07) is 48.5. The van der Waals surface area contributed by atoms with E-state index in [1.807, 2.05) is 56.3 Å². The molecule has 2 aliphatic rings. The first-order chi connectivity index (χ1) is 23.1. The third-order valence-corrected chi connectivity index (χ3v) is 9.21. The average Bonchev–Trinajstić information content (AvgIpc) is 3.11. The predicted molar refractivity (Wildman–Crippen MR) is 191 cm³/mol. The van der Waals surface area contributed by atoms with Crippen molar-refractivity contribution in [3.8, 4) is 67.8 Å². The van der Waals surface area contributed by atoms with Gasteiger partial charge in [-0.3, -0.25) is 9.97 Å². The highest BCUT2D eigenvalue weighted by Gasteiger charge is 2.41. The summed E-state index contributed by atoms with van der Waals surface area (Å²) in [5, 5.41) is 0. The largest absolute Gasteiger partial charge is 0.458 e. The van der Waals surface area contributed by atoms with Crippen LogP contribution in [-0.4, -0.2) is 16.7 Å². The van der Waals surface area contributed by atoms with E-state index in [0.717, 1.165) is 95.5 Å². The van der Waals surface area contributed by atoms with Crippen molar-refractivity contribution in [1.29, 1.82) is 0 Å². The zero-order valence-corrected chi connectivity index (χ0v) is 26.1. The van der Waals surface area contributed by atoms with E-state index in [-0.39, 0.29) is 6.71 Å². The van der Waals surface area contributed by atoms with Crippen molar-refractivity contribution in [2.24, 2.45) is 0 Å². The van der Waals surface area contributed by atoms with Gasteiger partial charge in [0.05, 0.1) is 11.4 Å². The van der Waals surface area contributed by atoms with Gasteiger partial charge in [-0.05, 0) is 72.3 Å². The molecule has 4 nitrogen and oxygen atoms in total. The Morgan fingerprint density at radius 1 is 0.426 bits per heavy atom. The van der Waals surface area contributed by atoms with Crippen molar-refractivity contribution >= 4 is 23.1 Å². The van der Waals surface area contributed by atoms with E-state index in [1.165, 1.54) is 0 Å². The zero-order valence-electron chi connectivity index (χ0n) is 26.1. The van der Waals surface area contributed by atoms with Gasteiger partial charge in [0.1, 0.15) is 23.0 Å². The highest BCUT2D eigenvalue weighted by Crippen LogP contribution is 2.42. The molecular weight excluding hydrogens is 575 g/mol. The Labute approximate surface area is 274 Å². The summed E-state index contributed by atoms with van der Waals surface area (Å²) in [6.07, 6.45) is 0. The maximum atomic E-state index is 6.74. The highest BCUT2D eigenvalue weighted by atomic mass is 16.5. The van der Waals surface area contributed by atoms with Crippen LogP contribution in [0.15, 0.2) is 140 Å². The summed E-state index contributed by atoms with van der Waals surface area (Å²) >= 11 is 0. The molecule has 2 aliphatic heterocycles. The minimum absolute atomic E-state index is 0.0277. The van der Waals surface area contributed by atoms with Crippen LogP contribution in [0.5, 0.6) is 23.0 Å². The number of fused-ring (bicyclic) bond motifs is 4. The summed E-state index contributed by atoms with van der Waals surface area (Å²) in [4.78, 5) is 9.42. The average molecular weight is 605 g/mol. The number of hydrogen-bond acceptors (Lipinski definition) is 4. The SMILES string of the molecule is Cc1cccc(-c2ccc(-c3cccc4c3Oc3cccc5c3B4c3cccc(-c4ccc(-c6cccc(C)n6)cc4)c3O5)cc2)n1. The third kappa shape index (κ3) is 4.62. The molecule has 0 saturated heterocycles. The first kappa shape index (κ1) is 27.4. The topological polar surface area (TPSA) is 44.2 Å². The third-order valence-electron chi connectivity index (χ3n) is 9.21. The Hall–Kier alpha value is -5.94. The van der Waals surface area contributed by atoms with E-state index in [9.17, 15) is 0 Å². The van der Waals surface area contributed by atoms with Crippen LogP contribution in [0.4, 0.5) is 0 Å². The molecule has 0 bridgehead atoms. The van der Waals surface area contributed by atoms with E-state index in [4.69, 9.17) is 19.4 Å². The van der Waals surface area contributed by atoms with Gasteiger partial charge in [0, 0.05) is 39.1 Å². The molecule has 0 spiro atoms. The number of hydrogen-bond donors (Lipinski definition) is 0. The Morgan fingerprint density at radius 2 is 0.830 bits per heavy atom. The molecule has 0 atom stereocenters. The van der Waals surface area contributed by atoms with Gasteiger partial charge in [-0.1, -0.05) is 103 Å². The highest BCUT2D eigenvalue weighted by molar-refractivity contribution is 6.98. The molecule has 4 heterocycles. The summed E-state index contributed by atoms with van der Waals surface area (Å²) in [7, 11) is 0. The molecule has 0 N–H and O–H groups in total. The molecule has 0 aliphatic carbocycles. The van der Waals surface area contributed by atoms with Gasteiger partial charge in [-0.25, -0.2) is 0 Å². The van der Waals surface area contributed by atoms with Crippen molar-refractivity contribution in [3.63, 3.8) is 0 Å². The molecule has 47 heavy (non-hydrogen) atoms. The maximum absolute atomic E-state index is 6.74. The molecule has 0 amide bonds. The van der Waals surface area contributed by atoms with Gasteiger partial charge in [0.2, 0.25) is 0 Å². The number of aryl methyl sites for hydroxylation is 2. The summed E-state index contributed by atoms with van der Waals surface area (Å²) in [5.41, 5.74) is 13.8. The molecule has 5 aromatic carbocycles. The predicted octanol–water partition coefficient (Wildman–Crippen LogP) is 8.49. The maximum Gasteiger partial charge on any atom is 0.260 e. The number of aromatic nitrogens is 2. The van der Waals surface area contributed by atoms with E-state index < -0.39 is 0 Å². The Kier molecular flexibility index (Phi) is 6.32. The molecule has 0 unspecified atom stereocenters. The van der Waals surface area contributed by atoms with E-state index >= 15 is 0 Å². The fraction of sp³-hybridized carbons (Fsp3) is 0.0476. The number of rotatable bonds is 4. The normalized spacial score (nSPS) is 12.3. The van der Waals surface area contributed by atoms with Gasteiger partial charge in [-0.2, -0.15) is 0 Å². The molecule has 9 rings (SSSR count). The lowest BCUT2D eigenvalue weighted by molar-refractivity contribution is 0.466. The monoisotopic (exact) mass is 604 g/mol. The molecule has 0 radical (unpaired) electrons. The van der Waals surface area contributed by atoms with Crippen LogP contribution in [0.1, 0.15) is 11.4 Å².